The quantitative estimate of drug-likeness (QED) is 0.899. The number of carbonyl (C=O) groups is 1. The molecule has 0 spiro atoms. The fourth-order valence-electron chi connectivity index (χ4n) is 3.11. The fraction of sp³-hybridized carbons (Fsp3) is 0.562. The van der Waals surface area contributed by atoms with Gasteiger partial charge in [0.2, 0.25) is 5.91 Å². The van der Waals surface area contributed by atoms with Crippen LogP contribution in [0.3, 0.4) is 0 Å². The van der Waals surface area contributed by atoms with Crippen LogP contribution in [0.5, 0.6) is 0 Å². The molecular weight excluding hydrogens is 257 g/mol. The van der Waals surface area contributed by atoms with Crippen LogP contribution in [0, 0.1) is 11.7 Å². The molecule has 1 heterocycles. The van der Waals surface area contributed by atoms with E-state index in [4.69, 9.17) is 0 Å². The van der Waals surface area contributed by atoms with Crippen LogP contribution in [0.1, 0.15) is 31.7 Å². The number of likely N-dealkylation sites (tertiary alicyclic amines) is 1. The van der Waals surface area contributed by atoms with Gasteiger partial charge in [0.05, 0.1) is 11.5 Å². The van der Waals surface area contributed by atoms with Gasteiger partial charge in [-0.25, -0.2) is 4.39 Å². The van der Waals surface area contributed by atoms with Crippen LogP contribution in [-0.4, -0.2) is 35.1 Å². The predicted octanol–water partition coefficient (Wildman–Crippen LogP) is 2.09. The van der Waals surface area contributed by atoms with E-state index in [9.17, 15) is 14.3 Å². The Hall–Kier alpha value is -1.42. The molecule has 1 aliphatic heterocycles. The lowest BCUT2D eigenvalue weighted by Gasteiger charge is -2.36. The zero-order chi connectivity index (χ0) is 14.3. The Morgan fingerprint density at radius 2 is 2.10 bits per heavy atom. The molecule has 1 N–H and O–H groups in total. The molecule has 0 bridgehead atoms. The van der Waals surface area contributed by atoms with E-state index < -0.39 is 11.5 Å². The zero-order valence-corrected chi connectivity index (χ0v) is 11.7. The summed E-state index contributed by atoms with van der Waals surface area (Å²) in [6.07, 6.45) is 1.74. The lowest BCUT2D eigenvalue weighted by atomic mass is 9.90. The number of hydrogen-bond donors (Lipinski definition) is 1. The van der Waals surface area contributed by atoms with E-state index in [1.165, 1.54) is 6.07 Å². The first-order valence-corrected chi connectivity index (χ1v) is 7.27. The van der Waals surface area contributed by atoms with E-state index in [0.29, 0.717) is 31.5 Å². The molecule has 1 saturated heterocycles. The summed E-state index contributed by atoms with van der Waals surface area (Å²) in [4.78, 5) is 14.4. The van der Waals surface area contributed by atoms with Crippen LogP contribution in [0.15, 0.2) is 24.3 Å². The summed E-state index contributed by atoms with van der Waals surface area (Å²) in [5, 5.41) is 9.94. The summed E-state index contributed by atoms with van der Waals surface area (Å²) >= 11 is 0. The summed E-state index contributed by atoms with van der Waals surface area (Å²) in [5.74, 6) is -0.0968. The van der Waals surface area contributed by atoms with Gasteiger partial charge in [-0.15, -0.1) is 0 Å². The molecule has 1 saturated carbocycles. The van der Waals surface area contributed by atoms with Crippen molar-refractivity contribution in [3.63, 3.8) is 0 Å². The van der Waals surface area contributed by atoms with Gasteiger partial charge >= 0.3 is 0 Å². The first-order chi connectivity index (χ1) is 9.54. The van der Waals surface area contributed by atoms with Crippen molar-refractivity contribution >= 4 is 5.91 Å². The van der Waals surface area contributed by atoms with Crippen LogP contribution >= 0.6 is 0 Å². The van der Waals surface area contributed by atoms with Crippen molar-refractivity contribution in [2.24, 2.45) is 5.92 Å². The van der Waals surface area contributed by atoms with Crippen LogP contribution in [0.4, 0.5) is 4.39 Å². The van der Waals surface area contributed by atoms with E-state index in [1.807, 2.05) is 6.92 Å². The molecule has 2 atom stereocenters. The number of piperidine rings is 1. The van der Waals surface area contributed by atoms with Gasteiger partial charge < -0.3 is 10.0 Å². The fourth-order valence-corrected chi connectivity index (χ4v) is 3.11. The Bertz CT molecular complexity index is 527. The van der Waals surface area contributed by atoms with E-state index in [1.54, 1.807) is 23.1 Å². The number of β-amino-alcohol motifs (C(OH)–C–C–N with tert-alkyl or cyclic N) is 1. The van der Waals surface area contributed by atoms with Gasteiger partial charge in [-0.3, -0.25) is 4.79 Å². The number of halogens is 1. The highest BCUT2D eigenvalue weighted by atomic mass is 19.1. The number of rotatable bonds is 2. The second-order valence-corrected chi connectivity index (χ2v) is 6.15. The van der Waals surface area contributed by atoms with Crippen molar-refractivity contribution in [3.8, 4) is 0 Å². The highest BCUT2D eigenvalue weighted by molar-refractivity contribution is 5.91. The number of benzene rings is 1. The van der Waals surface area contributed by atoms with Gasteiger partial charge in [-0.2, -0.15) is 0 Å². The maximum absolute atomic E-state index is 14.0. The number of aliphatic hydroxyl groups is 1. The lowest BCUT2D eigenvalue weighted by molar-refractivity contribution is -0.138. The smallest absolute Gasteiger partial charge is 0.233 e. The summed E-state index contributed by atoms with van der Waals surface area (Å²) < 4.78 is 14.0. The molecule has 2 aliphatic rings. The summed E-state index contributed by atoms with van der Waals surface area (Å²) in [6.45, 7) is 3.03. The first-order valence-electron chi connectivity index (χ1n) is 7.27. The van der Waals surface area contributed by atoms with Gasteiger partial charge in [0.25, 0.3) is 0 Å². The first kappa shape index (κ1) is 13.6. The van der Waals surface area contributed by atoms with Gasteiger partial charge in [0, 0.05) is 18.7 Å². The van der Waals surface area contributed by atoms with E-state index >= 15 is 0 Å². The second kappa shape index (κ2) is 4.85. The molecule has 2 fully saturated rings. The molecule has 0 radical (unpaired) electrons. The van der Waals surface area contributed by atoms with Crippen LogP contribution < -0.4 is 0 Å². The molecule has 20 heavy (non-hydrogen) atoms. The minimum absolute atomic E-state index is 0.0199. The van der Waals surface area contributed by atoms with Gasteiger partial charge in [0.1, 0.15) is 5.82 Å². The Labute approximate surface area is 118 Å². The average molecular weight is 277 g/mol. The summed E-state index contributed by atoms with van der Waals surface area (Å²) in [6, 6.07) is 6.55. The van der Waals surface area contributed by atoms with Crippen molar-refractivity contribution in [3.05, 3.63) is 35.6 Å². The Kier molecular flexibility index (Phi) is 3.28. The maximum Gasteiger partial charge on any atom is 0.233 e. The van der Waals surface area contributed by atoms with E-state index in [2.05, 4.69) is 0 Å². The molecule has 1 amide bonds. The highest BCUT2D eigenvalue weighted by Crippen LogP contribution is 2.50. The van der Waals surface area contributed by atoms with Crippen molar-refractivity contribution in [1.29, 1.82) is 0 Å². The molecule has 3 nitrogen and oxygen atoms in total. The molecule has 1 aliphatic carbocycles. The van der Waals surface area contributed by atoms with E-state index in [0.717, 1.165) is 6.42 Å². The Balaban J connectivity index is 1.82. The average Bonchev–Trinajstić information content (AvgIpc) is 3.23. The predicted molar refractivity (Wildman–Crippen MR) is 73.7 cm³/mol. The summed E-state index contributed by atoms with van der Waals surface area (Å²) in [7, 11) is 0. The normalized spacial score (nSPS) is 28.2. The lowest BCUT2D eigenvalue weighted by Crippen LogP contribution is -2.49. The topological polar surface area (TPSA) is 40.5 Å². The third-order valence-electron chi connectivity index (χ3n) is 4.75. The molecule has 108 valence electrons. The van der Waals surface area contributed by atoms with Gasteiger partial charge in [0.15, 0.2) is 0 Å². The Morgan fingerprint density at radius 3 is 2.70 bits per heavy atom. The molecule has 4 heteroatoms. The van der Waals surface area contributed by atoms with Crippen LogP contribution in [-0.2, 0) is 10.2 Å². The van der Waals surface area contributed by atoms with Crippen LogP contribution in [0.25, 0.3) is 0 Å². The molecule has 3 rings (SSSR count). The standard InChI is InChI=1S/C16H20FNO2/c1-11-6-9-18(10-14(11)19)15(20)16(7-8-16)12-4-2-3-5-13(12)17/h2-5,11,14,19H,6-10H2,1H3. The van der Waals surface area contributed by atoms with Crippen molar-refractivity contribution in [2.75, 3.05) is 13.1 Å². The number of nitrogens with zero attached hydrogens (tertiary/aromatic N) is 1. The largest absolute Gasteiger partial charge is 0.391 e. The second-order valence-electron chi connectivity index (χ2n) is 6.15. The monoisotopic (exact) mass is 277 g/mol. The highest BCUT2D eigenvalue weighted by Gasteiger charge is 2.54. The van der Waals surface area contributed by atoms with E-state index in [-0.39, 0.29) is 17.6 Å². The molecule has 2 unspecified atom stereocenters. The molecule has 0 aromatic heterocycles. The zero-order valence-electron chi connectivity index (χ0n) is 11.7. The minimum atomic E-state index is -0.675. The number of hydrogen-bond acceptors (Lipinski definition) is 2. The number of carbonyl (C=O) groups excluding carboxylic acids is 1. The summed E-state index contributed by atoms with van der Waals surface area (Å²) in [5.41, 5.74) is -0.163. The Morgan fingerprint density at radius 1 is 1.40 bits per heavy atom. The third-order valence-corrected chi connectivity index (χ3v) is 4.75. The molecule has 1 aromatic rings. The van der Waals surface area contributed by atoms with Crippen LogP contribution in [0.2, 0.25) is 0 Å². The number of aliphatic hydroxyl groups excluding tert-OH is 1. The van der Waals surface area contributed by atoms with Gasteiger partial charge in [-0.1, -0.05) is 25.1 Å². The van der Waals surface area contributed by atoms with Crippen molar-refractivity contribution < 1.29 is 14.3 Å². The molecular formula is C16H20FNO2. The third kappa shape index (κ3) is 2.12. The maximum atomic E-state index is 14.0. The molecule has 1 aromatic carbocycles. The minimum Gasteiger partial charge on any atom is -0.391 e. The SMILES string of the molecule is CC1CCN(C(=O)C2(c3ccccc3F)CC2)CC1O. The van der Waals surface area contributed by atoms with Crippen molar-refractivity contribution in [2.45, 2.75) is 37.7 Å². The van der Waals surface area contributed by atoms with Gasteiger partial charge in [-0.05, 0) is 31.2 Å². The van der Waals surface area contributed by atoms with Crippen molar-refractivity contribution in [1.82, 2.24) is 4.90 Å². The number of amides is 1.